The Bertz CT molecular complexity index is 543. The average Bonchev–Trinajstić information content (AvgIpc) is 2.60. The molecule has 0 saturated carbocycles. The topological polar surface area (TPSA) is 80.0 Å². The zero-order valence-electron chi connectivity index (χ0n) is 10.9. The van der Waals surface area contributed by atoms with Gasteiger partial charge in [0.1, 0.15) is 12.0 Å². The van der Waals surface area contributed by atoms with Gasteiger partial charge < -0.3 is 16.0 Å². The van der Waals surface area contributed by atoms with Gasteiger partial charge in [-0.1, -0.05) is 0 Å². The summed E-state index contributed by atoms with van der Waals surface area (Å²) in [4.78, 5) is 15.7. The van der Waals surface area contributed by atoms with Crippen molar-refractivity contribution in [1.29, 1.82) is 0 Å². The summed E-state index contributed by atoms with van der Waals surface area (Å²) in [5.74, 6) is 1.28. The molecule has 0 unspecified atom stereocenters. The molecular formula is C11H16N6S. The zero-order valence-corrected chi connectivity index (χ0v) is 11.7. The number of nitrogens with zero attached hydrogens (tertiary/aromatic N) is 4. The molecule has 0 aliphatic carbocycles. The van der Waals surface area contributed by atoms with Gasteiger partial charge in [-0.2, -0.15) is 0 Å². The van der Waals surface area contributed by atoms with E-state index in [1.807, 2.05) is 32.8 Å². The van der Waals surface area contributed by atoms with E-state index in [4.69, 9.17) is 5.73 Å². The number of aromatic nitrogens is 3. The van der Waals surface area contributed by atoms with Crippen molar-refractivity contribution in [2.75, 3.05) is 30.0 Å². The first-order valence-electron chi connectivity index (χ1n) is 5.48. The second-order valence-corrected chi connectivity index (χ2v) is 5.34. The van der Waals surface area contributed by atoms with Crippen molar-refractivity contribution in [1.82, 2.24) is 15.0 Å². The van der Waals surface area contributed by atoms with Crippen LogP contribution in [-0.2, 0) is 0 Å². The van der Waals surface area contributed by atoms with Crippen molar-refractivity contribution in [2.45, 2.75) is 13.8 Å². The van der Waals surface area contributed by atoms with Gasteiger partial charge in [-0.05, 0) is 13.8 Å². The number of aryl methyl sites for hydroxylation is 2. The Morgan fingerprint density at radius 2 is 2.00 bits per heavy atom. The van der Waals surface area contributed by atoms with Crippen LogP contribution in [-0.4, -0.2) is 29.0 Å². The third-order valence-electron chi connectivity index (χ3n) is 2.54. The van der Waals surface area contributed by atoms with Crippen molar-refractivity contribution in [3.05, 3.63) is 16.9 Å². The Labute approximate surface area is 110 Å². The van der Waals surface area contributed by atoms with Crippen LogP contribution in [0.1, 0.15) is 10.6 Å². The molecule has 0 bridgehead atoms. The van der Waals surface area contributed by atoms with Gasteiger partial charge in [-0.3, -0.25) is 0 Å². The minimum Gasteiger partial charge on any atom is -0.393 e. The van der Waals surface area contributed by atoms with Gasteiger partial charge >= 0.3 is 0 Å². The second-order valence-electron chi connectivity index (χ2n) is 4.14. The lowest BCUT2D eigenvalue weighted by Crippen LogP contribution is -2.14. The lowest BCUT2D eigenvalue weighted by atomic mass is 10.4. The first kappa shape index (κ1) is 12.6. The smallest absolute Gasteiger partial charge is 0.188 e. The molecule has 0 spiro atoms. The highest BCUT2D eigenvalue weighted by atomic mass is 32.1. The van der Waals surface area contributed by atoms with E-state index in [1.54, 1.807) is 11.3 Å². The first-order valence-corrected chi connectivity index (χ1v) is 6.29. The van der Waals surface area contributed by atoms with Gasteiger partial charge in [0.2, 0.25) is 0 Å². The lowest BCUT2D eigenvalue weighted by Gasteiger charge is -2.15. The molecule has 0 atom stereocenters. The van der Waals surface area contributed by atoms with Crippen LogP contribution < -0.4 is 16.0 Å². The number of nitrogens with one attached hydrogen (secondary N) is 1. The molecule has 0 aliphatic heterocycles. The Hall–Kier alpha value is -1.89. The summed E-state index contributed by atoms with van der Waals surface area (Å²) in [5.41, 5.74) is 7.56. The van der Waals surface area contributed by atoms with Crippen molar-refractivity contribution in [3.8, 4) is 0 Å². The standard InChI is InChI=1S/C11H16N6S/c1-6-7(2)18-11(15-6)16-9-8(12)10(17(3)4)14-5-13-9/h5H,12H2,1-4H3,(H,13,14,15,16). The van der Waals surface area contributed by atoms with E-state index >= 15 is 0 Å². The van der Waals surface area contributed by atoms with Gasteiger partial charge in [-0.15, -0.1) is 11.3 Å². The highest BCUT2D eigenvalue weighted by Gasteiger charge is 2.11. The summed E-state index contributed by atoms with van der Waals surface area (Å²) in [6.07, 6.45) is 1.49. The summed E-state index contributed by atoms with van der Waals surface area (Å²) in [5, 5.41) is 3.93. The molecule has 0 saturated heterocycles. The number of nitrogens with two attached hydrogens (primary N) is 1. The molecular weight excluding hydrogens is 248 g/mol. The average molecular weight is 264 g/mol. The van der Waals surface area contributed by atoms with Crippen LogP contribution in [0.3, 0.4) is 0 Å². The molecule has 3 N–H and O–H groups in total. The van der Waals surface area contributed by atoms with Crippen LogP contribution in [0.5, 0.6) is 0 Å². The molecule has 96 valence electrons. The maximum atomic E-state index is 6.02. The van der Waals surface area contributed by atoms with Gasteiger partial charge in [0.25, 0.3) is 0 Å². The van der Waals surface area contributed by atoms with Crippen LogP contribution in [0, 0.1) is 13.8 Å². The van der Waals surface area contributed by atoms with Crippen LogP contribution in [0.15, 0.2) is 6.33 Å². The van der Waals surface area contributed by atoms with Crippen molar-refractivity contribution in [2.24, 2.45) is 0 Å². The zero-order chi connectivity index (χ0) is 13.3. The lowest BCUT2D eigenvalue weighted by molar-refractivity contribution is 1.04. The number of nitrogen functional groups attached to an aromatic ring is 1. The van der Waals surface area contributed by atoms with Crippen LogP contribution in [0.25, 0.3) is 0 Å². The molecule has 0 aliphatic rings. The maximum Gasteiger partial charge on any atom is 0.188 e. The first-order chi connectivity index (χ1) is 8.49. The highest BCUT2D eigenvalue weighted by Crippen LogP contribution is 2.29. The molecule has 2 heterocycles. The Kier molecular flexibility index (Phi) is 3.33. The van der Waals surface area contributed by atoms with Gasteiger partial charge in [0.15, 0.2) is 16.8 Å². The second kappa shape index (κ2) is 4.77. The van der Waals surface area contributed by atoms with Crippen LogP contribution in [0.4, 0.5) is 22.5 Å². The van der Waals surface area contributed by atoms with Crippen molar-refractivity contribution in [3.63, 3.8) is 0 Å². The summed E-state index contributed by atoms with van der Waals surface area (Å²) in [6, 6.07) is 0. The molecule has 0 aromatic carbocycles. The molecule has 0 radical (unpaired) electrons. The van der Waals surface area contributed by atoms with Gasteiger partial charge in [-0.25, -0.2) is 15.0 Å². The number of hydrogen-bond donors (Lipinski definition) is 2. The Morgan fingerprint density at radius 3 is 2.56 bits per heavy atom. The number of hydrogen-bond acceptors (Lipinski definition) is 7. The molecule has 2 aromatic rings. The molecule has 2 rings (SSSR count). The SMILES string of the molecule is Cc1nc(Nc2ncnc(N(C)C)c2N)sc1C. The summed E-state index contributed by atoms with van der Waals surface area (Å²) < 4.78 is 0. The largest absolute Gasteiger partial charge is 0.393 e. The predicted molar refractivity (Wildman–Crippen MR) is 75.6 cm³/mol. The molecule has 7 heteroatoms. The fourth-order valence-corrected chi connectivity index (χ4v) is 2.28. The third-order valence-corrected chi connectivity index (χ3v) is 3.53. The number of rotatable bonds is 3. The van der Waals surface area contributed by atoms with E-state index in [1.165, 1.54) is 11.2 Å². The van der Waals surface area contributed by atoms with E-state index in [0.29, 0.717) is 17.3 Å². The van der Waals surface area contributed by atoms with Crippen molar-refractivity contribution >= 4 is 33.8 Å². The summed E-state index contributed by atoms with van der Waals surface area (Å²) in [7, 11) is 3.78. The minimum absolute atomic E-state index is 0.521. The quantitative estimate of drug-likeness (QED) is 0.882. The van der Waals surface area contributed by atoms with E-state index < -0.39 is 0 Å². The number of thiazole rings is 1. The van der Waals surface area contributed by atoms with Crippen LogP contribution in [0.2, 0.25) is 0 Å². The van der Waals surface area contributed by atoms with E-state index in [0.717, 1.165) is 10.8 Å². The molecule has 0 amide bonds. The van der Waals surface area contributed by atoms with E-state index in [2.05, 4.69) is 20.3 Å². The maximum absolute atomic E-state index is 6.02. The van der Waals surface area contributed by atoms with Gasteiger partial charge in [0.05, 0.1) is 5.69 Å². The molecule has 18 heavy (non-hydrogen) atoms. The van der Waals surface area contributed by atoms with Crippen LogP contribution >= 0.6 is 11.3 Å². The normalized spacial score (nSPS) is 10.4. The fourth-order valence-electron chi connectivity index (χ4n) is 1.47. The minimum atomic E-state index is 0.521. The molecule has 6 nitrogen and oxygen atoms in total. The predicted octanol–water partition coefficient (Wildman–Crippen LogP) is 1.94. The monoisotopic (exact) mass is 264 g/mol. The van der Waals surface area contributed by atoms with Gasteiger partial charge in [0, 0.05) is 19.0 Å². The Morgan fingerprint density at radius 1 is 1.28 bits per heavy atom. The highest BCUT2D eigenvalue weighted by molar-refractivity contribution is 7.15. The summed E-state index contributed by atoms with van der Waals surface area (Å²) >= 11 is 1.58. The molecule has 0 fully saturated rings. The van der Waals surface area contributed by atoms with Crippen molar-refractivity contribution < 1.29 is 0 Å². The molecule has 2 aromatic heterocycles. The summed E-state index contributed by atoms with van der Waals surface area (Å²) in [6.45, 7) is 4.01. The van der Waals surface area contributed by atoms with E-state index in [9.17, 15) is 0 Å². The number of anilines is 4. The Balaban J connectivity index is 2.32. The fraction of sp³-hybridized carbons (Fsp3) is 0.364. The van der Waals surface area contributed by atoms with E-state index in [-0.39, 0.29) is 0 Å². The third kappa shape index (κ3) is 2.35.